The highest BCUT2D eigenvalue weighted by Crippen LogP contribution is 2.32. The van der Waals surface area contributed by atoms with Gasteiger partial charge in [0.15, 0.2) is 0 Å². The molecule has 0 aliphatic heterocycles. The second-order valence-corrected chi connectivity index (χ2v) is 14.4. The van der Waals surface area contributed by atoms with Crippen LogP contribution in [0.15, 0.2) is 87.1 Å². The maximum Gasteiger partial charge on any atom is 0.442 e. The van der Waals surface area contributed by atoms with Crippen molar-refractivity contribution in [2.24, 2.45) is 4.36 Å². The molecule has 1 heterocycles. The zero-order valence-corrected chi connectivity index (χ0v) is 27.5. The standard InChI is InChI=1S/C29H30Cl2N6O6S2/c1-4-43-29(39)37-44(3,40)22-14-12-20(13-15-22)34-28-32-16-23(27(35-28)33-18(2)17-38)19-8-10-21(11-9-19)36-45(41,42)25-7-5-6-24(30)26(25)31/h5-16,18,36,38H,4,17H2,1-3H3,(H2,32,33,34,35)/t18?,44-/m0/s1. The minimum atomic E-state index is -4.01. The molecule has 1 aromatic heterocycles. The van der Waals surface area contributed by atoms with E-state index in [4.69, 9.17) is 27.9 Å². The third-order valence-electron chi connectivity index (χ3n) is 6.16. The van der Waals surface area contributed by atoms with Gasteiger partial charge in [-0.1, -0.05) is 41.4 Å². The van der Waals surface area contributed by atoms with Crippen molar-refractivity contribution in [1.29, 1.82) is 0 Å². The van der Waals surface area contributed by atoms with Crippen molar-refractivity contribution < 1.29 is 27.3 Å². The highest BCUT2D eigenvalue weighted by molar-refractivity contribution is 7.93. The van der Waals surface area contributed by atoms with Crippen LogP contribution in [0.25, 0.3) is 11.1 Å². The molecule has 1 unspecified atom stereocenters. The smallest absolute Gasteiger partial charge is 0.442 e. The summed E-state index contributed by atoms with van der Waals surface area (Å²) in [7, 11) is -7.01. The van der Waals surface area contributed by atoms with Crippen LogP contribution in [-0.4, -0.2) is 59.3 Å². The molecular formula is C29H30Cl2N6O6S2. The van der Waals surface area contributed by atoms with Gasteiger partial charge in [0.05, 0.1) is 33.0 Å². The Morgan fingerprint density at radius 2 is 1.69 bits per heavy atom. The maximum atomic E-state index is 12.9. The number of benzene rings is 3. The van der Waals surface area contributed by atoms with Gasteiger partial charge in [-0.3, -0.25) is 4.72 Å². The number of aromatic nitrogens is 2. The number of rotatable bonds is 11. The Bertz CT molecular complexity index is 1920. The SMILES string of the molecule is CCOC(=O)N=[S@@](C)(=O)c1ccc(Nc2ncc(-c3ccc(NS(=O)(=O)c4cccc(Cl)c4Cl)cc3)c(NC(C)CO)n2)cc1. The van der Waals surface area contributed by atoms with Crippen LogP contribution in [0, 0.1) is 0 Å². The number of aliphatic hydroxyl groups is 1. The van der Waals surface area contributed by atoms with Gasteiger partial charge in [0, 0.05) is 40.3 Å². The summed E-state index contributed by atoms with van der Waals surface area (Å²) >= 11 is 12.1. The third-order valence-corrected chi connectivity index (χ3v) is 10.2. The average Bonchev–Trinajstić information content (AvgIpc) is 2.99. The van der Waals surface area contributed by atoms with Crippen LogP contribution in [0.2, 0.25) is 10.0 Å². The molecule has 0 aliphatic carbocycles. The molecule has 0 saturated carbocycles. The first-order valence-corrected chi connectivity index (χ1v) is 17.6. The number of aliphatic hydroxyl groups excluding tert-OH is 1. The first-order valence-electron chi connectivity index (χ1n) is 13.4. The lowest BCUT2D eigenvalue weighted by Crippen LogP contribution is -2.21. The first kappa shape index (κ1) is 33.9. The molecule has 0 fully saturated rings. The molecule has 45 heavy (non-hydrogen) atoms. The average molecular weight is 694 g/mol. The fraction of sp³-hybridized carbons (Fsp3) is 0.207. The Balaban J connectivity index is 1.57. The van der Waals surface area contributed by atoms with Crippen LogP contribution in [0.4, 0.5) is 27.9 Å². The Labute approximate surface area is 271 Å². The summed E-state index contributed by atoms with van der Waals surface area (Å²) in [6.07, 6.45) is 2.04. The van der Waals surface area contributed by atoms with Gasteiger partial charge in [0.25, 0.3) is 10.0 Å². The number of anilines is 4. The molecule has 0 spiro atoms. The number of halogens is 2. The largest absolute Gasteiger partial charge is 0.448 e. The van der Waals surface area contributed by atoms with Gasteiger partial charge in [-0.05, 0) is 67.9 Å². The van der Waals surface area contributed by atoms with E-state index in [0.717, 1.165) is 0 Å². The van der Waals surface area contributed by atoms with Gasteiger partial charge in [0.2, 0.25) is 5.95 Å². The number of carbonyl (C=O) groups is 1. The van der Waals surface area contributed by atoms with E-state index in [0.29, 0.717) is 33.2 Å². The van der Waals surface area contributed by atoms with Crippen molar-refractivity contribution >= 4 is 72.2 Å². The second kappa shape index (κ2) is 14.4. The van der Waals surface area contributed by atoms with Gasteiger partial charge >= 0.3 is 6.09 Å². The number of hydrogen-bond donors (Lipinski definition) is 4. The Morgan fingerprint density at radius 3 is 2.33 bits per heavy atom. The van der Waals surface area contributed by atoms with E-state index >= 15 is 0 Å². The minimum Gasteiger partial charge on any atom is -0.448 e. The van der Waals surface area contributed by atoms with E-state index in [1.807, 2.05) is 0 Å². The lowest BCUT2D eigenvalue weighted by atomic mass is 10.1. The second-order valence-electron chi connectivity index (χ2n) is 9.66. The van der Waals surface area contributed by atoms with Crippen molar-refractivity contribution in [1.82, 2.24) is 9.97 Å². The highest BCUT2D eigenvalue weighted by Gasteiger charge is 2.20. The van der Waals surface area contributed by atoms with Crippen LogP contribution in [0.1, 0.15) is 13.8 Å². The molecule has 12 nitrogen and oxygen atoms in total. The molecule has 16 heteroatoms. The third kappa shape index (κ3) is 8.61. The molecule has 3 aromatic carbocycles. The van der Waals surface area contributed by atoms with Crippen LogP contribution in [-0.2, 0) is 24.5 Å². The van der Waals surface area contributed by atoms with Crippen molar-refractivity contribution in [3.63, 3.8) is 0 Å². The Kier molecular flexibility index (Phi) is 10.9. The van der Waals surface area contributed by atoms with E-state index in [1.54, 1.807) is 68.6 Å². The normalized spacial score (nSPS) is 13.3. The van der Waals surface area contributed by atoms with Crippen LogP contribution < -0.4 is 15.4 Å². The van der Waals surface area contributed by atoms with E-state index in [-0.39, 0.29) is 40.1 Å². The van der Waals surface area contributed by atoms with E-state index in [1.165, 1.54) is 24.5 Å². The first-order chi connectivity index (χ1) is 21.3. The Hall–Kier alpha value is -3.95. The van der Waals surface area contributed by atoms with Gasteiger partial charge in [-0.15, -0.1) is 4.36 Å². The molecule has 4 rings (SSSR count). The summed E-state index contributed by atoms with van der Waals surface area (Å²) in [4.78, 5) is 20.9. The zero-order chi connectivity index (χ0) is 32.8. The molecule has 4 aromatic rings. The van der Waals surface area contributed by atoms with Crippen molar-refractivity contribution in [2.45, 2.75) is 29.7 Å². The molecule has 0 radical (unpaired) electrons. The lowest BCUT2D eigenvalue weighted by molar-refractivity contribution is 0.164. The summed E-state index contributed by atoms with van der Waals surface area (Å²) in [6.45, 7) is 3.38. The van der Waals surface area contributed by atoms with Crippen LogP contribution in [0.5, 0.6) is 0 Å². The highest BCUT2D eigenvalue weighted by atomic mass is 35.5. The summed E-state index contributed by atoms with van der Waals surface area (Å²) in [5.41, 5.74) is 2.14. The Morgan fingerprint density at radius 1 is 1.02 bits per heavy atom. The summed E-state index contributed by atoms with van der Waals surface area (Å²) in [6, 6.07) is 17.0. The molecule has 238 valence electrons. The van der Waals surface area contributed by atoms with Gasteiger partial charge in [0.1, 0.15) is 10.7 Å². The van der Waals surface area contributed by atoms with Crippen molar-refractivity contribution in [2.75, 3.05) is 34.8 Å². The fourth-order valence-corrected chi connectivity index (χ4v) is 6.83. The minimum absolute atomic E-state index is 0.0756. The number of ether oxygens (including phenoxy) is 1. The maximum absolute atomic E-state index is 12.9. The topological polar surface area (TPSA) is 172 Å². The monoisotopic (exact) mass is 692 g/mol. The van der Waals surface area contributed by atoms with Crippen LogP contribution in [0.3, 0.4) is 0 Å². The summed E-state index contributed by atoms with van der Waals surface area (Å²) < 4.78 is 49.6. The van der Waals surface area contributed by atoms with Crippen molar-refractivity contribution in [3.8, 4) is 11.1 Å². The fourth-order valence-electron chi connectivity index (χ4n) is 3.93. The molecule has 2 atom stereocenters. The number of nitrogens with zero attached hydrogens (tertiary/aromatic N) is 3. The summed E-state index contributed by atoms with van der Waals surface area (Å²) in [5, 5.41) is 15.9. The predicted octanol–water partition coefficient (Wildman–Crippen LogP) is 6.40. The van der Waals surface area contributed by atoms with Gasteiger partial charge in [-0.25, -0.2) is 22.4 Å². The van der Waals surface area contributed by atoms with Gasteiger partial charge in [-0.2, -0.15) is 4.98 Å². The lowest BCUT2D eigenvalue weighted by Gasteiger charge is -2.17. The molecule has 4 N–H and O–H groups in total. The number of sulfonamides is 1. The van der Waals surface area contributed by atoms with E-state index in [2.05, 4.69) is 29.7 Å². The molecule has 0 saturated heterocycles. The molecule has 0 bridgehead atoms. The number of nitrogens with one attached hydrogen (secondary N) is 3. The van der Waals surface area contributed by atoms with Gasteiger partial charge < -0.3 is 20.5 Å². The zero-order valence-electron chi connectivity index (χ0n) is 24.3. The van der Waals surface area contributed by atoms with Crippen molar-refractivity contribution in [3.05, 3.63) is 83.0 Å². The van der Waals surface area contributed by atoms with Crippen LogP contribution >= 0.6 is 23.2 Å². The summed E-state index contributed by atoms with van der Waals surface area (Å²) in [5.74, 6) is 0.643. The number of amides is 1. The molecular weight excluding hydrogens is 663 g/mol. The quantitative estimate of drug-likeness (QED) is 0.138. The molecule has 1 amide bonds. The predicted molar refractivity (Wildman–Crippen MR) is 176 cm³/mol. The van der Waals surface area contributed by atoms with E-state index < -0.39 is 25.8 Å². The van der Waals surface area contributed by atoms with E-state index in [9.17, 15) is 22.5 Å². The number of carbonyl (C=O) groups excluding carboxylic acids is 1. The number of hydrogen-bond acceptors (Lipinski definition) is 10. The molecule has 0 aliphatic rings.